The fraction of sp³-hybridized carbons (Fsp3) is 0.632. The SMILES string of the molecule is CC1=CC=CCC=C1.CC1CCCCN1C(=O)OC(C)(C)C. The first kappa shape index (κ1) is 18.5. The summed E-state index contributed by atoms with van der Waals surface area (Å²) in [6.07, 6.45) is 15.0. The number of hydrogen-bond donors (Lipinski definition) is 0. The van der Waals surface area contributed by atoms with E-state index in [1.165, 1.54) is 12.0 Å². The second kappa shape index (κ2) is 8.82. The van der Waals surface area contributed by atoms with Crippen LogP contribution in [-0.4, -0.2) is 29.2 Å². The number of hydrogen-bond acceptors (Lipinski definition) is 2. The number of likely N-dealkylation sites (tertiary alicyclic amines) is 1. The molecule has 0 spiro atoms. The summed E-state index contributed by atoms with van der Waals surface area (Å²) in [4.78, 5) is 13.6. The summed E-state index contributed by atoms with van der Waals surface area (Å²) in [6, 6.07) is 0.332. The lowest BCUT2D eigenvalue weighted by molar-refractivity contribution is 0.0121. The molecule has 0 aromatic rings. The number of ether oxygens (including phenoxy) is 1. The fourth-order valence-electron chi connectivity index (χ4n) is 2.38. The summed E-state index contributed by atoms with van der Waals surface area (Å²) < 4.78 is 5.33. The number of rotatable bonds is 0. The summed E-state index contributed by atoms with van der Waals surface area (Å²) in [5, 5.41) is 0. The zero-order chi connectivity index (χ0) is 16.6. The third-order valence-corrected chi connectivity index (χ3v) is 3.58. The van der Waals surface area contributed by atoms with Crippen LogP contribution in [0.2, 0.25) is 0 Å². The highest BCUT2D eigenvalue weighted by molar-refractivity contribution is 5.68. The van der Waals surface area contributed by atoms with Crippen LogP contribution in [-0.2, 0) is 4.74 Å². The van der Waals surface area contributed by atoms with Crippen LogP contribution in [0.4, 0.5) is 4.79 Å². The third kappa shape index (κ3) is 7.48. The van der Waals surface area contributed by atoms with Gasteiger partial charge in [-0.3, -0.25) is 0 Å². The summed E-state index contributed by atoms with van der Waals surface area (Å²) in [5.74, 6) is 0. The lowest BCUT2D eigenvalue weighted by Crippen LogP contribution is -2.44. The van der Waals surface area contributed by atoms with E-state index in [1.807, 2.05) is 25.7 Å². The fourth-order valence-corrected chi connectivity index (χ4v) is 2.38. The van der Waals surface area contributed by atoms with Crippen molar-refractivity contribution in [1.82, 2.24) is 4.90 Å². The Morgan fingerprint density at radius 1 is 1.27 bits per heavy atom. The first-order valence-electron chi connectivity index (χ1n) is 8.29. The van der Waals surface area contributed by atoms with Gasteiger partial charge in [-0.2, -0.15) is 0 Å². The van der Waals surface area contributed by atoms with Crippen LogP contribution in [0.15, 0.2) is 36.0 Å². The van der Waals surface area contributed by atoms with Crippen molar-refractivity contribution in [3.05, 3.63) is 36.0 Å². The quantitative estimate of drug-likeness (QED) is 0.612. The Kier molecular flexibility index (Phi) is 7.43. The first-order valence-corrected chi connectivity index (χ1v) is 8.29. The molecular formula is C19H31NO2. The molecule has 0 bridgehead atoms. The molecule has 1 aliphatic heterocycles. The third-order valence-electron chi connectivity index (χ3n) is 3.58. The molecule has 1 heterocycles. The normalized spacial score (nSPS) is 21.4. The average Bonchev–Trinajstić information content (AvgIpc) is 2.65. The van der Waals surface area contributed by atoms with Crippen molar-refractivity contribution in [2.75, 3.05) is 6.54 Å². The zero-order valence-electron chi connectivity index (χ0n) is 14.8. The topological polar surface area (TPSA) is 29.5 Å². The van der Waals surface area contributed by atoms with E-state index in [-0.39, 0.29) is 11.7 Å². The van der Waals surface area contributed by atoms with Gasteiger partial charge in [0.15, 0.2) is 0 Å². The standard InChI is InChI=1S/C11H21NO2.C8H10/c1-9-7-5-6-8-12(9)10(13)14-11(2,3)4;1-8-6-4-2-3-5-7-8/h9H,5-8H2,1-4H3;2,4-7H,3H2,1H3. The molecule has 3 heteroatoms. The molecule has 1 aliphatic carbocycles. The highest BCUT2D eigenvalue weighted by Gasteiger charge is 2.27. The highest BCUT2D eigenvalue weighted by Crippen LogP contribution is 2.19. The van der Waals surface area contributed by atoms with Crippen LogP contribution in [0, 0.1) is 0 Å². The lowest BCUT2D eigenvalue weighted by atomic mass is 10.0. The van der Waals surface area contributed by atoms with E-state index in [2.05, 4.69) is 44.2 Å². The second-order valence-corrected chi connectivity index (χ2v) is 7.00. The van der Waals surface area contributed by atoms with E-state index < -0.39 is 0 Å². The zero-order valence-corrected chi connectivity index (χ0v) is 14.8. The Labute approximate surface area is 135 Å². The number of carbonyl (C=O) groups is 1. The van der Waals surface area contributed by atoms with Crippen LogP contribution in [0.3, 0.4) is 0 Å². The Bertz CT molecular complexity index is 441. The maximum absolute atomic E-state index is 11.7. The van der Waals surface area contributed by atoms with E-state index in [4.69, 9.17) is 4.74 Å². The summed E-state index contributed by atoms with van der Waals surface area (Å²) in [7, 11) is 0. The van der Waals surface area contributed by atoms with E-state index in [9.17, 15) is 4.79 Å². The van der Waals surface area contributed by atoms with Crippen LogP contribution in [0.25, 0.3) is 0 Å². The molecule has 22 heavy (non-hydrogen) atoms. The molecule has 0 N–H and O–H groups in total. The molecule has 1 fully saturated rings. The predicted molar refractivity (Wildman–Crippen MR) is 92.9 cm³/mol. The van der Waals surface area contributed by atoms with Crippen molar-refractivity contribution in [3.8, 4) is 0 Å². The van der Waals surface area contributed by atoms with Gasteiger partial charge in [-0.15, -0.1) is 0 Å². The van der Waals surface area contributed by atoms with Gasteiger partial charge >= 0.3 is 6.09 Å². The molecule has 0 aromatic heterocycles. The second-order valence-electron chi connectivity index (χ2n) is 7.00. The van der Waals surface area contributed by atoms with Gasteiger partial charge in [-0.25, -0.2) is 4.79 Å². The van der Waals surface area contributed by atoms with Gasteiger partial charge in [0.25, 0.3) is 0 Å². The Morgan fingerprint density at radius 3 is 2.64 bits per heavy atom. The summed E-state index contributed by atoms with van der Waals surface area (Å²) in [6.45, 7) is 10.7. The van der Waals surface area contributed by atoms with Gasteiger partial charge in [0.2, 0.25) is 0 Å². The van der Waals surface area contributed by atoms with E-state index in [0.29, 0.717) is 6.04 Å². The molecule has 0 radical (unpaired) electrons. The van der Waals surface area contributed by atoms with Gasteiger partial charge in [0.1, 0.15) is 5.60 Å². The molecule has 3 nitrogen and oxygen atoms in total. The van der Waals surface area contributed by atoms with E-state index in [1.54, 1.807) is 0 Å². The van der Waals surface area contributed by atoms with Gasteiger partial charge in [-0.1, -0.05) is 36.0 Å². The maximum atomic E-state index is 11.7. The van der Waals surface area contributed by atoms with Gasteiger partial charge in [-0.05, 0) is 60.3 Å². The molecule has 1 unspecified atom stereocenters. The van der Waals surface area contributed by atoms with Crippen molar-refractivity contribution < 1.29 is 9.53 Å². The minimum Gasteiger partial charge on any atom is -0.444 e. The molecule has 124 valence electrons. The van der Waals surface area contributed by atoms with Crippen molar-refractivity contribution in [1.29, 1.82) is 0 Å². The molecule has 1 amide bonds. The predicted octanol–water partition coefficient (Wildman–Crippen LogP) is 5.24. The van der Waals surface area contributed by atoms with Gasteiger partial charge < -0.3 is 9.64 Å². The molecule has 1 atom stereocenters. The van der Waals surface area contributed by atoms with Gasteiger partial charge in [0, 0.05) is 12.6 Å². The average molecular weight is 305 g/mol. The largest absolute Gasteiger partial charge is 0.444 e. The lowest BCUT2D eigenvalue weighted by Gasteiger charge is -2.34. The van der Waals surface area contributed by atoms with Crippen molar-refractivity contribution in [2.24, 2.45) is 0 Å². The van der Waals surface area contributed by atoms with Gasteiger partial charge in [0.05, 0.1) is 0 Å². The summed E-state index contributed by atoms with van der Waals surface area (Å²) in [5.41, 5.74) is 0.951. The first-order chi connectivity index (χ1) is 10.3. The van der Waals surface area contributed by atoms with Crippen molar-refractivity contribution in [2.45, 2.75) is 71.9 Å². The maximum Gasteiger partial charge on any atom is 0.410 e. The Hall–Kier alpha value is -1.51. The minimum atomic E-state index is -0.381. The number of allylic oxidation sites excluding steroid dienone is 6. The van der Waals surface area contributed by atoms with E-state index >= 15 is 0 Å². The van der Waals surface area contributed by atoms with Crippen molar-refractivity contribution >= 4 is 6.09 Å². The van der Waals surface area contributed by atoms with Crippen LogP contribution >= 0.6 is 0 Å². The van der Waals surface area contributed by atoms with E-state index in [0.717, 1.165) is 25.8 Å². The molecule has 2 aliphatic rings. The monoisotopic (exact) mass is 305 g/mol. The van der Waals surface area contributed by atoms with Crippen LogP contribution < -0.4 is 0 Å². The molecular weight excluding hydrogens is 274 g/mol. The Morgan fingerprint density at radius 2 is 2.00 bits per heavy atom. The highest BCUT2D eigenvalue weighted by atomic mass is 16.6. The number of amides is 1. The van der Waals surface area contributed by atoms with Crippen LogP contribution in [0.1, 0.15) is 60.3 Å². The molecule has 1 saturated heterocycles. The number of nitrogens with zero attached hydrogens (tertiary/aromatic N) is 1. The number of piperidine rings is 1. The van der Waals surface area contributed by atoms with Crippen LogP contribution in [0.5, 0.6) is 0 Å². The summed E-state index contributed by atoms with van der Waals surface area (Å²) >= 11 is 0. The molecule has 0 aromatic carbocycles. The molecule has 0 saturated carbocycles. The smallest absolute Gasteiger partial charge is 0.410 e. The Balaban J connectivity index is 0.000000255. The van der Waals surface area contributed by atoms with Crippen molar-refractivity contribution in [3.63, 3.8) is 0 Å². The number of carbonyl (C=O) groups excluding carboxylic acids is 1. The molecule has 2 rings (SSSR count). The minimum absolute atomic E-state index is 0.162.